The first-order chi connectivity index (χ1) is 22.8. The molecule has 1 atom stereocenters. The predicted octanol–water partition coefficient (Wildman–Crippen LogP) is 6.59. The molecule has 10 heteroatoms. The number of hydrogen-bond donors (Lipinski definition) is 1. The highest BCUT2D eigenvalue weighted by atomic mass is 16.6. The fourth-order valence-corrected chi connectivity index (χ4v) is 5.35. The van der Waals surface area contributed by atoms with Crippen LogP contribution in [0, 0.1) is 10.1 Å². The Morgan fingerprint density at radius 1 is 0.872 bits per heavy atom. The van der Waals surface area contributed by atoms with Crippen LogP contribution < -0.4 is 5.32 Å². The van der Waals surface area contributed by atoms with E-state index < -0.39 is 22.8 Å². The lowest BCUT2D eigenvalue weighted by molar-refractivity contribution is -0.384. The van der Waals surface area contributed by atoms with Crippen LogP contribution in [0.4, 0.5) is 5.69 Å². The van der Waals surface area contributed by atoms with Crippen LogP contribution in [0.25, 0.3) is 12.2 Å². The van der Waals surface area contributed by atoms with Gasteiger partial charge in [-0.2, -0.15) is 0 Å². The predicted molar refractivity (Wildman–Crippen MR) is 179 cm³/mol. The summed E-state index contributed by atoms with van der Waals surface area (Å²) in [6.07, 6.45) is 12.5. The van der Waals surface area contributed by atoms with Gasteiger partial charge in [0, 0.05) is 42.5 Å². The standard InChI is InChI=1S/C37H34N4O6/c1-26-33(36(42)46-21-7-11-28-9-4-3-5-10-28)35(31-13-6-14-32(23-31)41(44)45)34(27(2)39-26)37(43)47-22-8-12-29-15-17-30(18-16-29)24-40-20-19-38-25-40/h3-20,23,25,35,39H,21-22,24H2,1-2H3/b11-7+,12-8+. The van der Waals surface area contributed by atoms with Crippen LogP contribution in [0.3, 0.4) is 0 Å². The van der Waals surface area contributed by atoms with Gasteiger partial charge in [-0.15, -0.1) is 0 Å². The molecule has 4 aromatic rings. The second kappa shape index (κ2) is 15.3. The third kappa shape index (κ3) is 8.37. The molecular formula is C37H34N4O6. The normalized spacial score (nSPS) is 14.8. The maximum atomic E-state index is 13.6. The number of rotatable bonds is 12. The summed E-state index contributed by atoms with van der Waals surface area (Å²) in [6, 6.07) is 23.5. The van der Waals surface area contributed by atoms with Crippen molar-refractivity contribution in [3.05, 3.63) is 165 Å². The number of esters is 2. The summed E-state index contributed by atoms with van der Waals surface area (Å²) in [4.78, 5) is 42.4. The maximum Gasteiger partial charge on any atom is 0.337 e. The number of hydrogen-bond acceptors (Lipinski definition) is 8. The molecule has 1 aliphatic rings. The van der Waals surface area contributed by atoms with Gasteiger partial charge in [0.1, 0.15) is 13.2 Å². The third-order valence-electron chi connectivity index (χ3n) is 7.56. The van der Waals surface area contributed by atoms with E-state index in [9.17, 15) is 19.7 Å². The van der Waals surface area contributed by atoms with E-state index >= 15 is 0 Å². The summed E-state index contributed by atoms with van der Waals surface area (Å²) >= 11 is 0. The average molecular weight is 631 g/mol. The van der Waals surface area contributed by atoms with Gasteiger partial charge in [0.05, 0.1) is 28.3 Å². The number of allylic oxidation sites excluding steroid dienone is 2. The van der Waals surface area contributed by atoms with Crippen molar-refractivity contribution in [1.29, 1.82) is 0 Å². The number of benzene rings is 3. The Balaban J connectivity index is 1.32. The van der Waals surface area contributed by atoms with Gasteiger partial charge in [0.25, 0.3) is 5.69 Å². The quantitative estimate of drug-likeness (QED) is 0.106. The molecule has 1 aliphatic heterocycles. The van der Waals surface area contributed by atoms with Gasteiger partial charge in [-0.1, -0.05) is 78.9 Å². The number of dihydropyridines is 1. The summed E-state index contributed by atoms with van der Waals surface area (Å²) in [5.74, 6) is -2.27. The Morgan fingerprint density at radius 2 is 1.49 bits per heavy atom. The maximum absolute atomic E-state index is 13.6. The van der Waals surface area contributed by atoms with Crippen LogP contribution in [-0.4, -0.2) is 39.6 Å². The number of ether oxygens (including phenoxy) is 2. The molecular weight excluding hydrogens is 596 g/mol. The second-order valence-corrected chi connectivity index (χ2v) is 10.9. The van der Waals surface area contributed by atoms with Crippen LogP contribution in [-0.2, 0) is 25.6 Å². The highest BCUT2D eigenvalue weighted by Crippen LogP contribution is 2.40. The van der Waals surface area contributed by atoms with Crippen molar-refractivity contribution in [2.24, 2.45) is 0 Å². The van der Waals surface area contributed by atoms with Crippen molar-refractivity contribution in [2.75, 3.05) is 13.2 Å². The molecule has 5 rings (SSSR count). The summed E-state index contributed by atoms with van der Waals surface area (Å²) in [5, 5.41) is 14.7. The Hall–Kier alpha value is -6.03. The third-order valence-corrected chi connectivity index (χ3v) is 7.56. The van der Waals surface area contributed by atoms with Crippen molar-refractivity contribution in [2.45, 2.75) is 26.3 Å². The Morgan fingerprint density at radius 3 is 2.06 bits per heavy atom. The molecule has 0 bridgehead atoms. The highest BCUT2D eigenvalue weighted by Gasteiger charge is 2.38. The molecule has 3 aromatic carbocycles. The second-order valence-electron chi connectivity index (χ2n) is 10.9. The average Bonchev–Trinajstić information content (AvgIpc) is 3.59. The Bertz CT molecular complexity index is 1860. The van der Waals surface area contributed by atoms with Crippen molar-refractivity contribution >= 4 is 29.8 Å². The molecule has 0 fully saturated rings. The lowest BCUT2D eigenvalue weighted by Gasteiger charge is -2.30. The number of aromatic nitrogens is 2. The van der Waals surface area contributed by atoms with E-state index in [0.29, 0.717) is 23.5 Å². The van der Waals surface area contributed by atoms with Crippen LogP contribution in [0.15, 0.2) is 132 Å². The van der Waals surface area contributed by atoms with E-state index in [1.165, 1.54) is 18.2 Å². The molecule has 2 heterocycles. The minimum absolute atomic E-state index is 0.00994. The SMILES string of the molecule is CC1=C(C(=O)OC/C=C/c2ccccc2)C(c2cccc([N+](=O)[O-])c2)C(C(=O)OC/C=C/c2ccc(Cn3ccnc3)cc2)=C(C)N1. The Kier molecular flexibility index (Phi) is 10.5. The molecule has 1 N–H and O–H groups in total. The highest BCUT2D eigenvalue weighted by molar-refractivity contribution is 6.00. The fraction of sp³-hybridized carbons (Fsp3) is 0.162. The first-order valence-electron chi connectivity index (χ1n) is 15.0. The van der Waals surface area contributed by atoms with Gasteiger partial charge >= 0.3 is 11.9 Å². The molecule has 10 nitrogen and oxygen atoms in total. The molecule has 0 spiro atoms. The summed E-state index contributed by atoms with van der Waals surface area (Å²) in [7, 11) is 0. The van der Waals surface area contributed by atoms with Gasteiger partial charge in [-0.3, -0.25) is 10.1 Å². The minimum Gasteiger partial charge on any atom is -0.458 e. The lowest BCUT2D eigenvalue weighted by atomic mass is 9.80. The number of nitrogens with zero attached hydrogens (tertiary/aromatic N) is 3. The Labute approximate surface area is 272 Å². The zero-order valence-corrected chi connectivity index (χ0v) is 26.0. The number of non-ortho nitro benzene ring substituents is 1. The van der Waals surface area contributed by atoms with Crippen molar-refractivity contribution in [3.63, 3.8) is 0 Å². The zero-order chi connectivity index (χ0) is 33.2. The molecule has 0 amide bonds. The van der Waals surface area contributed by atoms with Crippen LogP contribution in [0.1, 0.15) is 42.0 Å². The topological polar surface area (TPSA) is 126 Å². The fourth-order valence-electron chi connectivity index (χ4n) is 5.35. The largest absolute Gasteiger partial charge is 0.458 e. The van der Waals surface area contributed by atoms with E-state index in [1.807, 2.05) is 77.5 Å². The molecule has 0 aliphatic carbocycles. The molecule has 0 saturated heterocycles. The monoisotopic (exact) mass is 630 g/mol. The zero-order valence-electron chi connectivity index (χ0n) is 26.0. The van der Waals surface area contributed by atoms with Gasteiger partial charge in [-0.25, -0.2) is 14.6 Å². The number of carbonyl (C=O) groups is 2. The smallest absolute Gasteiger partial charge is 0.337 e. The molecule has 1 unspecified atom stereocenters. The van der Waals surface area contributed by atoms with E-state index in [-0.39, 0.29) is 30.0 Å². The van der Waals surface area contributed by atoms with Gasteiger partial charge in [0.2, 0.25) is 0 Å². The first kappa shape index (κ1) is 32.4. The van der Waals surface area contributed by atoms with E-state index in [1.54, 1.807) is 44.6 Å². The van der Waals surface area contributed by atoms with E-state index in [2.05, 4.69) is 10.3 Å². The number of nitro groups is 1. The number of carbonyl (C=O) groups excluding carboxylic acids is 2. The van der Waals surface area contributed by atoms with E-state index in [0.717, 1.165) is 16.7 Å². The van der Waals surface area contributed by atoms with Gasteiger partial charge in [-0.05, 0) is 48.3 Å². The molecule has 0 saturated carbocycles. The van der Waals surface area contributed by atoms with Gasteiger partial charge in [0.15, 0.2) is 0 Å². The van der Waals surface area contributed by atoms with Crippen LogP contribution in [0.2, 0.25) is 0 Å². The van der Waals surface area contributed by atoms with Crippen molar-refractivity contribution in [3.8, 4) is 0 Å². The molecule has 0 radical (unpaired) electrons. The van der Waals surface area contributed by atoms with Gasteiger partial charge < -0.3 is 19.4 Å². The summed E-state index contributed by atoms with van der Waals surface area (Å²) in [5.41, 5.74) is 4.52. The van der Waals surface area contributed by atoms with Crippen LogP contribution in [0.5, 0.6) is 0 Å². The lowest BCUT2D eigenvalue weighted by Crippen LogP contribution is -2.32. The number of nitro benzene ring substituents is 1. The molecule has 47 heavy (non-hydrogen) atoms. The van der Waals surface area contributed by atoms with Crippen LogP contribution >= 0.6 is 0 Å². The summed E-state index contributed by atoms with van der Waals surface area (Å²) < 4.78 is 13.2. The molecule has 238 valence electrons. The number of imidazole rings is 1. The molecule has 1 aromatic heterocycles. The van der Waals surface area contributed by atoms with Crippen molar-refractivity contribution < 1.29 is 24.0 Å². The van der Waals surface area contributed by atoms with Crippen molar-refractivity contribution in [1.82, 2.24) is 14.9 Å². The van der Waals surface area contributed by atoms with E-state index in [4.69, 9.17) is 9.47 Å². The number of nitrogens with one attached hydrogen (secondary N) is 1. The first-order valence-corrected chi connectivity index (χ1v) is 15.0. The minimum atomic E-state index is -0.957. The summed E-state index contributed by atoms with van der Waals surface area (Å²) in [6.45, 7) is 4.08.